The third kappa shape index (κ3) is 4.43. The number of hydrogen-bond donors (Lipinski definition) is 0. The number of ether oxygens (including phenoxy) is 3. The van der Waals surface area contributed by atoms with Crippen molar-refractivity contribution in [1.82, 2.24) is 4.90 Å². The van der Waals surface area contributed by atoms with E-state index in [-0.39, 0.29) is 19.0 Å². The van der Waals surface area contributed by atoms with Gasteiger partial charge in [0.05, 0.1) is 33.0 Å². The van der Waals surface area contributed by atoms with Crippen molar-refractivity contribution in [3.8, 4) is 11.5 Å². The van der Waals surface area contributed by atoms with Crippen molar-refractivity contribution < 1.29 is 23.8 Å². The van der Waals surface area contributed by atoms with Crippen molar-refractivity contribution in [2.75, 3.05) is 39.3 Å². The van der Waals surface area contributed by atoms with Gasteiger partial charge in [0, 0.05) is 6.54 Å². The first-order valence-electron chi connectivity index (χ1n) is 8.97. The van der Waals surface area contributed by atoms with Gasteiger partial charge >= 0.3 is 5.97 Å². The molecule has 0 N–H and O–H groups in total. The number of para-hydroxylation sites is 2. The zero-order chi connectivity index (χ0) is 20.1. The molecule has 1 aliphatic rings. The van der Waals surface area contributed by atoms with Crippen molar-refractivity contribution in [3.05, 3.63) is 54.1 Å². The maximum Gasteiger partial charge on any atom is 0.348 e. The number of carbonyl (C=O) groups excluding carboxylic acids is 2. The summed E-state index contributed by atoms with van der Waals surface area (Å²) < 4.78 is 15.7. The second-order valence-electron chi connectivity index (χ2n) is 6.63. The van der Waals surface area contributed by atoms with Crippen LogP contribution < -0.4 is 14.4 Å². The molecule has 0 unspecified atom stereocenters. The van der Waals surface area contributed by atoms with Gasteiger partial charge in [-0.3, -0.25) is 9.69 Å². The highest BCUT2D eigenvalue weighted by atomic mass is 16.6. The largest absolute Gasteiger partial charge is 0.497 e. The molecule has 1 atom stereocenters. The molecule has 0 aromatic heterocycles. The lowest BCUT2D eigenvalue weighted by Crippen LogP contribution is -2.49. The average Bonchev–Trinajstić information content (AvgIpc) is 2.72. The van der Waals surface area contributed by atoms with E-state index >= 15 is 0 Å². The van der Waals surface area contributed by atoms with Crippen LogP contribution in [-0.4, -0.2) is 57.2 Å². The van der Waals surface area contributed by atoms with Gasteiger partial charge in [0.15, 0.2) is 0 Å². The smallest absolute Gasteiger partial charge is 0.348 e. The van der Waals surface area contributed by atoms with Crippen molar-refractivity contribution in [2.45, 2.75) is 12.6 Å². The molecular formula is C21H24N2O5. The van der Waals surface area contributed by atoms with E-state index in [9.17, 15) is 9.59 Å². The Kier molecular flexibility index (Phi) is 6.16. The lowest BCUT2D eigenvalue weighted by molar-refractivity contribution is -0.148. The summed E-state index contributed by atoms with van der Waals surface area (Å²) in [5.74, 6) is 0.653. The minimum Gasteiger partial charge on any atom is -0.497 e. The summed E-state index contributed by atoms with van der Waals surface area (Å²) in [5, 5.41) is 0. The topological polar surface area (TPSA) is 68.3 Å². The molecule has 148 valence electrons. The van der Waals surface area contributed by atoms with Crippen molar-refractivity contribution >= 4 is 17.6 Å². The van der Waals surface area contributed by atoms with Crippen molar-refractivity contribution in [1.29, 1.82) is 0 Å². The molecule has 0 saturated heterocycles. The molecule has 3 rings (SSSR count). The lowest BCUT2D eigenvalue weighted by Gasteiger charge is -2.34. The van der Waals surface area contributed by atoms with Gasteiger partial charge in [-0.1, -0.05) is 24.3 Å². The van der Waals surface area contributed by atoms with Crippen LogP contribution in [0.25, 0.3) is 0 Å². The number of benzene rings is 2. The SMILES string of the molecule is COC(=O)[C@H]1CN(C(=O)CN(C)Cc2cccc(OC)c2)c2ccccc2O1. The van der Waals surface area contributed by atoms with Crippen molar-refractivity contribution in [2.24, 2.45) is 0 Å². The van der Waals surface area contributed by atoms with Crippen LogP contribution in [0.1, 0.15) is 5.56 Å². The van der Waals surface area contributed by atoms with E-state index < -0.39 is 12.1 Å². The molecular weight excluding hydrogens is 360 g/mol. The molecule has 0 bridgehead atoms. The van der Waals surface area contributed by atoms with Gasteiger partial charge in [0.1, 0.15) is 11.5 Å². The van der Waals surface area contributed by atoms with E-state index in [1.165, 1.54) is 7.11 Å². The normalized spacial score (nSPS) is 15.6. The number of esters is 1. The number of nitrogens with zero attached hydrogens (tertiary/aromatic N) is 2. The first-order chi connectivity index (χ1) is 13.5. The molecule has 1 heterocycles. The Bertz CT molecular complexity index is 854. The fourth-order valence-electron chi connectivity index (χ4n) is 3.18. The van der Waals surface area contributed by atoms with Crippen LogP contribution in [0, 0.1) is 0 Å². The second-order valence-corrected chi connectivity index (χ2v) is 6.63. The monoisotopic (exact) mass is 384 g/mol. The Labute approximate surface area is 164 Å². The highest BCUT2D eigenvalue weighted by Crippen LogP contribution is 2.33. The van der Waals surface area contributed by atoms with Crippen LogP contribution in [0.5, 0.6) is 11.5 Å². The molecule has 1 amide bonds. The van der Waals surface area contributed by atoms with E-state index in [0.717, 1.165) is 11.3 Å². The number of fused-ring (bicyclic) bond motifs is 1. The summed E-state index contributed by atoms with van der Waals surface area (Å²) in [4.78, 5) is 28.5. The highest BCUT2D eigenvalue weighted by Gasteiger charge is 2.34. The average molecular weight is 384 g/mol. The number of amides is 1. The summed E-state index contributed by atoms with van der Waals surface area (Å²) in [6.45, 7) is 0.907. The molecule has 28 heavy (non-hydrogen) atoms. The Morgan fingerprint density at radius 2 is 1.96 bits per heavy atom. The molecule has 0 aliphatic carbocycles. The molecule has 2 aromatic carbocycles. The van der Waals surface area contributed by atoms with E-state index in [1.807, 2.05) is 48.3 Å². The summed E-state index contributed by atoms with van der Waals surface area (Å²) in [5.41, 5.74) is 1.70. The van der Waals surface area contributed by atoms with Crippen LogP contribution >= 0.6 is 0 Å². The molecule has 0 spiro atoms. The minimum atomic E-state index is -0.840. The maximum absolute atomic E-state index is 13.0. The number of carbonyl (C=O) groups is 2. The predicted octanol–water partition coefficient (Wildman–Crippen LogP) is 2.09. The number of likely N-dealkylation sites (N-methyl/N-ethyl adjacent to an activating group) is 1. The highest BCUT2D eigenvalue weighted by molar-refractivity contribution is 5.98. The quantitative estimate of drug-likeness (QED) is 0.711. The van der Waals surface area contributed by atoms with Gasteiger partial charge < -0.3 is 19.1 Å². The van der Waals surface area contributed by atoms with E-state index in [2.05, 4.69) is 0 Å². The molecule has 2 aromatic rings. The van der Waals surface area contributed by atoms with Gasteiger partial charge in [-0.15, -0.1) is 0 Å². The molecule has 7 nitrogen and oxygen atoms in total. The predicted molar refractivity (Wildman–Crippen MR) is 105 cm³/mol. The summed E-state index contributed by atoms with van der Waals surface area (Å²) in [6, 6.07) is 14.9. The maximum atomic E-state index is 13.0. The second kappa shape index (κ2) is 8.75. The Morgan fingerprint density at radius 1 is 1.18 bits per heavy atom. The van der Waals surface area contributed by atoms with Gasteiger partial charge in [0.25, 0.3) is 0 Å². The lowest BCUT2D eigenvalue weighted by atomic mass is 10.1. The van der Waals surface area contributed by atoms with E-state index in [1.54, 1.807) is 24.1 Å². The number of rotatable bonds is 6. The Morgan fingerprint density at radius 3 is 2.71 bits per heavy atom. The van der Waals surface area contributed by atoms with Gasteiger partial charge in [-0.25, -0.2) is 4.79 Å². The first kappa shape index (κ1) is 19.7. The Balaban J connectivity index is 1.72. The zero-order valence-corrected chi connectivity index (χ0v) is 16.3. The fourth-order valence-corrected chi connectivity index (χ4v) is 3.18. The molecule has 1 aliphatic heterocycles. The van der Waals surface area contributed by atoms with Gasteiger partial charge in [-0.2, -0.15) is 0 Å². The number of methoxy groups -OCH3 is 2. The summed E-state index contributed by atoms with van der Waals surface area (Å²) in [7, 11) is 4.81. The van der Waals surface area contributed by atoms with Crippen molar-refractivity contribution in [3.63, 3.8) is 0 Å². The van der Waals surface area contributed by atoms with E-state index in [4.69, 9.17) is 14.2 Å². The van der Waals surface area contributed by atoms with E-state index in [0.29, 0.717) is 18.0 Å². The first-order valence-corrected chi connectivity index (χ1v) is 8.97. The van der Waals surface area contributed by atoms with Crippen LogP contribution in [0.4, 0.5) is 5.69 Å². The third-order valence-electron chi connectivity index (χ3n) is 4.53. The summed E-state index contributed by atoms with van der Waals surface area (Å²) >= 11 is 0. The Hall–Kier alpha value is -3.06. The molecule has 7 heteroatoms. The standard InChI is InChI=1S/C21H24N2O5/c1-22(12-15-7-6-8-16(11-15)26-2)14-20(24)23-13-19(21(25)27-3)28-18-10-5-4-9-17(18)23/h4-11,19H,12-14H2,1-3H3/t19-/m1/s1. The van der Waals surface area contributed by atoms with Gasteiger partial charge in [0.2, 0.25) is 12.0 Å². The zero-order valence-electron chi connectivity index (χ0n) is 16.3. The molecule has 0 saturated carbocycles. The van der Waals surface area contributed by atoms with Crippen LogP contribution in [0.15, 0.2) is 48.5 Å². The number of anilines is 1. The summed E-state index contributed by atoms with van der Waals surface area (Å²) in [6.07, 6.45) is -0.840. The van der Waals surface area contributed by atoms with Crippen LogP contribution in [-0.2, 0) is 20.9 Å². The fraction of sp³-hybridized carbons (Fsp3) is 0.333. The molecule has 0 fully saturated rings. The third-order valence-corrected chi connectivity index (χ3v) is 4.53. The molecule has 0 radical (unpaired) electrons. The number of hydrogen-bond acceptors (Lipinski definition) is 6. The van der Waals surface area contributed by atoms with Crippen LogP contribution in [0.3, 0.4) is 0 Å². The van der Waals surface area contributed by atoms with Crippen LogP contribution in [0.2, 0.25) is 0 Å². The van der Waals surface area contributed by atoms with Gasteiger partial charge in [-0.05, 0) is 36.9 Å². The minimum absolute atomic E-state index is 0.116.